The first kappa shape index (κ1) is 24.2. The van der Waals surface area contributed by atoms with Crippen molar-refractivity contribution < 1.29 is 32.6 Å². The zero-order chi connectivity index (χ0) is 25.5. The third kappa shape index (κ3) is 4.10. The number of hydrogen-bond acceptors (Lipinski definition) is 7. The molecule has 1 aliphatic rings. The van der Waals surface area contributed by atoms with Gasteiger partial charge >= 0.3 is 6.18 Å². The first-order valence-corrected chi connectivity index (χ1v) is 11.9. The second-order valence-corrected chi connectivity index (χ2v) is 9.21. The van der Waals surface area contributed by atoms with Gasteiger partial charge in [-0.15, -0.1) is 11.3 Å². The summed E-state index contributed by atoms with van der Waals surface area (Å²) in [5, 5.41) is 11.2. The summed E-state index contributed by atoms with van der Waals surface area (Å²) < 4.78 is 54.0. The van der Waals surface area contributed by atoms with E-state index in [0.29, 0.717) is 36.8 Å². The standard InChI is InChI=1S/C24H21F3N4O4S/c1-34-16-6-9-31-18(12-16)29-20(24(25,26)27)19(31)17-13-36-22(28-17)23(7-10-35-11-8-23)15-4-2-14(3-5-15)21(32)30-33/h2-6,9,12-13,33H,7-8,10-11H2,1H3,(H,30,32). The molecule has 4 heterocycles. The fraction of sp³-hybridized carbons (Fsp3) is 0.292. The van der Waals surface area contributed by atoms with Gasteiger partial charge in [-0.05, 0) is 36.6 Å². The van der Waals surface area contributed by atoms with E-state index in [1.807, 2.05) is 0 Å². The van der Waals surface area contributed by atoms with E-state index < -0.39 is 23.2 Å². The summed E-state index contributed by atoms with van der Waals surface area (Å²) >= 11 is 1.28. The van der Waals surface area contributed by atoms with Crippen LogP contribution in [0.25, 0.3) is 17.0 Å². The lowest BCUT2D eigenvalue weighted by Crippen LogP contribution is -2.35. The average molecular weight is 519 g/mol. The van der Waals surface area contributed by atoms with Gasteiger partial charge in [0.2, 0.25) is 0 Å². The molecule has 5 rings (SSSR count). The van der Waals surface area contributed by atoms with Crippen molar-refractivity contribution in [1.82, 2.24) is 19.8 Å². The van der Waals surface area contributed by atoms with Gasteiger partial charge in [-0.2, -0.15) is 13.2 Å². The fourth-order valence-corrected chi connectivity index (χ4v) is 5.63. The van der Waals surface area contributed by atoms with Crippen LogP contribution < -0.4 is 10.2 Å². The molecule has 188 valence electrons. The first-order chi connectivity index (χ1) is 17.3. The van der Waals surface area contributed by atoms with Crippen molar-refractivity contribution in [3.05, 3.63) is 69.8 Å². The molecule has 3 aromatic heterocycles. The van der Waals surface area contributed by atoms with Crippen molar-refractivity contribution in [3.8, 4) is 17.1 Å². The number of thiazole rings is 1. The molecule has 0 bridgehead atoms. The number of carbonyl (C=O) groups excluding carboxylic acids is 1. The van der Waals surface area contributed by atoms with Gasteiger partial charge in [0.05, 0.1) is 12.5 Å². The van der Waals surface area contributed by atoms with Gasteiger partial charge in [-0.25, -0.2) is 15.4 Å². The first-order valence-electron chi connectivity index (χ1n) is 11.0. The molecule has 1 fully saturated rings. The number of benzene rings is 1. The van der Waals surface area contributed by atoms with Crippen LogP contribution in [0.5, 0.6) is 5.75 Å². The number of fused-ring (bicyclic) bond motifs is 1. The molecule has 0 spiro atoms. The molecular weight excluding hydrogens is 497 g/mol. The lowest BCUT2D eigenvalue weighted by atomic mass is 9.74. The van der Waals surface area contributed by atoms with E-state index in [-0.39, 0.29) is 22.6 Å². The Morgan fingerprint density at radius 1 is 1.19 bits per heavy atom. The van der Waals surface area contributed by atoms with Crippen LogP contribution >= 0.6 is 11.3 Å². The number of methoxy groups -OCH3 is 1. The molecule has 1 saturated heterocycles. The molecule has 0 unspecified atom stereocenters. The van der Waals surface area contributed by atoms with Crippen molar-refractivity contribution in [1.29, 1.82) is 0 Å². The summed E-state index contributed by atoms with van der Waals surface area (Å²) in [4.78, 5) is 20.3. The smallest absolute Gasteiger partial charge is 0.435 e. The number of pyridine rings is 1. The minimum atomic E-state index is -4.68. The van der Waals surface area contributed by atoms with Crippen molar-refractivity contribution in [3.63, 3.8) is 0 Å². The molecule has 36 heavy (non-hydrogen) atoms. The van der Waals surface area contributed by atoms with Crippen molar-refractivity contribution in [2.24, 2.45) is 0 Å². The van der Waals surface area contributed by atoms with Crippen LogP contribution in [0.1, 0.15) is 39.5 Å². The summed E-state index contributed by atoms with van der Waals surface area (Å²) in [5.41, 5.74) is 1.25. The Balaban J connectivity index is 1.63. The molecule has 0 saturated carbocycles. The van der Waals surface area contributed by atoms with Gasteiger partial charge in [-0.3, -0.25) is 14.4 Å². The van der Waals surface area contributed by atoms with Crippen LogP contribution in [0.3, 0.4) is 0 Å². The molecular formula is C24H21F3N4O4S. The number of nitrogens with zero attached hydrogens (tertiary/aromatic N) is 3. The summed E-state index contributed by atoms with van der Waals surface area (Å²) in [7, 11) is 1.43. The van der Waals surface area contributed by atoms with Crippen LogP contribution in [0.4, 0.5) is 13.2 Å². The number of alkyl halides is 3. The summed E-state index contributed by atoms with van der Waals surface area (Å²) in [6.45, 7) is 0.911. The van der Waals surface area contributed by atoms with Gasteiger partial charge < -0.3 is 9.47 Å². The Morgan fingerprint density at radius 2 is 1.92 bits per heavy atom. The number of carbonyl (C=O) groups is 1. The third-order valence-electron chi connectivity index (χ3n) is 6.41. The molecule has 4 aromatic rings. The summed E-state index contributed by atoms with van der Waals surface area (Å²) in [5.74, 6) is -0.241. The maximum atomic E-state index is 14.0. The minimum absolute atomic E-state index is 0.102. The van der Waals surface area contributed by atoms with Crippen LogP contribution in [0.15, 0.2) is 48.0 Å². The molecule has 1 aliphatic heterocycles. The second kappa shape index (κ2) is 9.19. The van der Waals surface area contributed by atoms with Gasteiger partial charge in [-0.1, -0.05) is 12.1 Å². The molecule has 1 amide bonds. The van der Waals surface area contributed by atoms with Gasteiger partial charge in [0.15, 0.2) is 5.69 Å². The highest BCUT2D eigenvalue weighted by atomic mass is 32.1. The highest BCUT2D eigenvalue weighted by Gasteiger charge is 2.42. The molecule has 0 radical (unpaired) electrons. The molecule has 1 aromatic carbocycles. The normalized spacial score (nSPS) is 15.7. The van der Waals surface area contributed by atoms with Crippen LogP contribution in [0.2, 0.25) is 0 Å². The van der Waals surface area contributed by atoms with E-state index in [1.54, 1.807) is 41.2 Å². The van der Waals surface area contributed by atoms with E-state index >= 15 is 0 Å². The lowest BCUT2D eigenvalue weighted by Gasteiger charge is -2.36. The minimum Gasteiger partial charge on any atom is -0.497 e. The number of aromatic nitrogens is 3. The van der Waals surface area contributed by atoms with Crippen LogP contribution in [-0.4, -0.2) is 45.8 Å². The fourth-order valence-electron chi connectivity index (χ4n) is 4.55. The molecule has 0 atom stereocenters. The highest BCUT2D eigenvalue weighted by molar-refractivity contribution is 7.10. The average Bonchev–Trinajstić information content (AvgIpc) is 3.53. The van der Waals surface area contributed by atoms with Crippen molar-refractivity contribution in [2.75, 3.05) is 20.3 Å². The number of imidazole rings is 1. The SMILES string of the molecule is COc1ccn2c(-c3csc(C4(c5ccc(C(=O)NO)cc5)CCOCC4)n3)c(C(F)(F)F)nc2c1. The predicted octanol–water partition coefficient (Wildman–Crippen LogP) is 4.70. The Labute approximate surface area is 207 Å². The van der Waals surface area contributed by atoms with Gasteiger partial charge in [0.25, 0.3) is 5.91 Å². The van der Waals surface area contributed by atoms with E-state index in [0.717, 1.165) is 5.56 Å². The number of hydrogen-bond donors (Lipinski definition) is 2. The second-order valence-electron chi connectivity index (χ2n) is 8.35. The Bertz CT molecular complexity index is 1410. The van der Waals surface area contributed by atoms with E-state index in [2.05, 4.69) is 4.98 Å². The van der Waals surface area contributed by atoms with E-state index in [9.17, 15) is 18.0 Å². The quantitative estimate of drug-likeness (QED) is 0.294. The number of hydroxylamine groups is 1. The number of halogens is 3. The maximum absolute atomic E-state index is 14.0. The Kier molecular flexibility index (Phi) is 6.18. The van der Waals surface area contributed by atoms with E-state index in [1.165, 1.54) is 35.1 Å². The number of amides is 1. The molecule has 2 N–H and O–H groups in total. The molecule has 0 aliphatic carbocycles. The zero-order valence-electron chi connectivity index (χ0n) is 19.0. The topological polar surface area (TPSA) is 98.0 Å². The third-order valence-corrected chi connectivity index (χ3v) is 7.45. The Hall–Kier alpha value is -3.48. The molecule has 8 nitrogen and oxygen atoms in total. The van der Waals surface area contributed by atoms with E-state index in [4.69, 9.17) is 19.7 Å². The zero-order valence-corrected chi connectivity index (χ0v) is 19.8. The number of ether oxygens (including phenoxy) is 2. The number of nitrogens with one attached hydrogen (secondary N) is 1. The highest BCUT2D eigenvalue weighted by Crippen LogP contribution is 2.45. The summed E-state index contributed by atoms with van der Waals surface area (Å²) in [6.07, 6.45) is -2.05. The predicted molar refractivity (Wildman–Crippen MR) is 124 cm³/mol. The monoisotopic (exact) mass is 518 g/mol. The van der Waals surface area contributed by atoms with Crippen molar-refractivity contribution >= 4 is 22.9 Å². The van der Waals surface area contributed by atoms with Gasteiger partial charge in [0, 0.05) is 36.4 Å². The maximum Gasteiger partial charge on any atom is 0.435 e. The molecule has 12 heteroatoms. The summed E-state index contributed by atoms with van der Waals surface area (Å²) in [6, 6.07) is 9.74. The Morgan fingerprint density at radius 3 is 2.56 bits per heavy atom. The lowest BCUT2D eigenvalue weighted by molar-refractivity contribution is -0.140. The number of rotatable bonds is 5. The van der Waals surface area contributed by atoms with Gasteiger partial charge in [0.1, 0.15) is 27.8 Å². The van der Waals surface area contributed by atoms with Crippen LogP contribution in [-0.2, 0) is 16.3 Å². The van der Waals surface area contributed by atoms with Crippen LogP contribution in [0, 0.1) is 0 Å². The largest absolute Gasteiger partial charge is 0.497 e. The van der Waals surface area contributed by atoms with Crippen molar-refractivity contribution in [2.45, 2.75) is 24.4 Å².